The van der Waals surface area contributed by atoms with Gasteiger partial charge in [0.2, 0.25) is 0 Å². The molecule has 1 spiro atoms. The van der Waals surface area contributed by atoms with E-state index in [1.165, 1.54) is 57.8 Å². The van der Waals surface area contributed by atoms with Crippen LogP contribution in [-0.4, -0.2) is 24.8 Å². The second-order valence-corrected chi connectivity index (χ2v) is 8.47. The summed E-state index contributed by atoms with van der Waals surface area (Å²) in [5, 5.41) is 4.08. The van der Waals surface area contributed by atoms with Crippen LogP contribution in [0.2, 0.25) is 0 Å². The number of nitrogens with one attached hydrogen (secondary N) is 1. The third-order valence-corrected chi connectivity index (χ3v) is 7.59. The molecule has 4 aliphatic carbocycles. The molecular formula is C19H33NO. The summed E-state index contributed by atoms with van der Waals surface area (Å²) in [4.78, 5) is 0. The van der Waals surface area contributed by atoms with Crippen molar-refractivity contribution in [2.45, 2.75) is 89.8 Å². The summed E-state index contributed by atoms with van der Waals surface area (Å²) < 4.78 is 6.06. The molecule has 6 unspecified atom stereocenters. The number of fused-ring (bicyclic) bond motifs is 2. The zero-order valence-electron chi connectivity index (χ0n) is 13.9. The van der Waals surface area contributed by atoms with E-state index in [1.807, 2.05) is 0 Å². The number of ether oxygens (including phenoxy) is 1. The highest BCUT2D eigenvalue weighted by Gasteiger charge is 2.57. The molecule has 4 aliphatic rings. The van der Waals surface area contributed by atoms with Crippen molar-refractivity contribution in [1.82, 2.24) is 5.32 Å². The van der Waals surface area contributed by atoms with Crippen molar-refractivity contribution in [2.75, 3.05) is 6.61 Å². The lowest BCUT2D eigenvalue weighted by molar-refractivity contribution is -0.133. The fourth-order valence-electron chi connectivity index (χ4n) is 6.47. The molecule has 6 atom stereocenters. The fourth-order valence-corrected chi connectivity index (χ4v) is 6.47. The van der Waals surface area contributed by atoms with Gasteiger partial charge in [0.25, 0.3) is 0 Å². The van der Waals surface area contributed by atoms with Crippen LogP contribution in [0.1, 0.15) is 71.6 Å². The highest BCUT2D eigenvalue weighted by molar-refractivity contribution is 5.11. The molecule has 1 N–H and O–H groups in total. The molecule has 0 amide bonds. The minimum atomic E-state index is 0.502. The topological polar surface area (TPSA) is 21.3 Å². The normalized spacial score (nSPS) is 45.1. The molecule has 2 heteroatoms. The Labute approximate surface area is 130 Å². The van der Waals surface area contributed by atoms with Crippen LogP contribution >= 0.6 is 0 Å². The van der Waals surface area contributed by atoms with Crippen LogP contribution < -0.4 is 5.32 Å². The van der Waals surface area contributed by atoms with Crippen LogP contribution in [-0.2, 0) is 4.74 Å². The van der Waals surface area contributed by atoms with Gasteiger partial charge in [0.05, 0.1) is 6.10 Å². The molecule has 0 radical (unpaired) electrons. The molecule has 0 saturated heterocycles. The zero-order chi connectivity index (χ0) is 14.4. The van der Waals surface area contributed by atoms with Crippen LogP contribution in [0.25, 0.3) is 0 Å². The Bertz CT molecular complexity index is 376. The summed E-state index contributed by atoms with van der Waals surface area (Å²) in [6.07, 6.45) is 13.5. The lowest BCUT2D eigenvalue weighted by Crippen LogP contribution is -2.64. The first-order chi connectivity index (χ1) is 10.2. The molecule has 4 saturated carbocycles. The van der Waals surface area contributed by atoms with E-state index >= 15 is 0 Å². The van der Waals surface area contributed by atoms with Gasteiger partial charge in [-0.3, -0.25) is 0 Å². The maximum absolute atomic E-state index is 6.06. The van der Waals surface area contributed by atoms with E-state index in [0.29, 0.717) is 11.5 Å². The SMILES string of the molecule is CCOC1CC(NC(C)C2CC3CCC2C3)C12CCCC2. The molecular weight excluding hydrogens is 258 g/mol. The molecule has 0 aromatic carbocycles. The van der Waals surface area contributed by atoms with E-state index in [4.69, 9.17) is 4.74 Å². The minimum Gasteiger partial charge on any atom is -0.378 e. The van der Waals surface area contributed by atoms with Gasteiger partial charge in [-0.2, -0.15) is 0 Å². The molecule has 4 rings (SSSR count). The van der Waals surface area contributed by atoms with Gasteiger partial charge >= 0.3 is 0 Å². The lowest BCUT2D eigenvalue weighted by Gasteiger charge is -2.55. The molecule has 4 fully saturated rings. The van der Waals surface area contributed by atoms with Crippen LogP contribution in [0.5, 0.6) is 0 Å². The van der Waals surface area contributed by atoms with E-state index in [2.05, 4.69) is 19.2 Å². The minimum absolute atomic E-state index is 0.502. The fraction of sp³-hybridized carbons (Fsp3) is 1.00. The number of rotatable bonds is 5. The molecule has 21 heavy (non-hydrogen) atoms. The number of hydrogen-bond acceptors (Lipinski definition) is 2. The summed E-state index contributed by atoms with van der Waals surface area (Å²) in [6, 6.07) is 1.47. The molecule has 120 valence electrons. The van der Waals surface area contributed by atoms with Crippen molar-refractivity contribution < 1.29 is 4.74 Å². The summed E-state index contributed by atoms with van der Waals surface area (Å²) in [6.45, 7) is 5.52. The quantitative estimate of drug-likeness (QED) is 0.822. The van der Waals surface area contributed by atoms with Gasteiger partial charge < -0.3 is 10.1 Å². The third kappa shape index (κ3) is 2.28. The highest BCUT2D eigenvalue weighted by atomic mass is 16.5. The Kier molecular flexibility index (Phi) is 3.82. The van der Waals surface area contributed by atoms with E-state index < -0.39 is 0 Å². The maximum Gasteiger partial charge on any atom is 0.0661 e. The van der Waals surface area contributed by atoms with Gasteiger partial charge in [-0.15, -0.1) is 0 Å². The van der Waals surface area contributed by atoms with E-state index in [1.54, 1.807) is 0 Å². The van der Waals surface area contributed by atoms with Crippen molar-refractivity contribution in [1.29, 1.82) is 0 Å². The van der Waals surface area contributed by atoms with Crippen molar-refractivity contribution in [3.05, 3.63) is 0 Å². The predicted molar refractivity (Wildman–Crippen MR) is 86.3 cm³/mol. The van der Waals surface area contributed by atoms with E-state index in [-0.39, 0.29) is 0 Å². The maximum atomic E-state index is 6.06. The summed E-state index contributed by atoms with van der Waals surface area (Å²) in [5.74, 6) is 3.08. The van der Waals surface area contributed by atoms with Crippen molar-refractivity contribution in [3.8, 4) is 0 Å². The first-order valence-corrected chi connectivity index (χ1v) is 9.60. The third-order valence-electron chi connectivity index (χ3n) is 7.59. The van der Waals surface area contributed by atoms with E-state index in [9.17, 15) is 0 Å². The largest absolute Gasteiger partial charge is 0.378 e. The first-order valence-electron chi connectivity index (χ1n) is 9.60. The van der Waals surface area contributed by atoms with Gasteiger partial charge in [-0.1, -0.05) is 19.3 Å². The molecule has 0 aromatic heterocycles. The van der Waals surface area contributed by atoms with Crippen molar-refractivity contribution in [3.63, 3.8) is 0 Å². The average Bonchev–Trinajstić information content (AvgIpc) is 3.21. The van der Waals surface area contributed by atoms with Crippen LogP contribution in [0.3, 0.4) is 0 Å². The predicted octanol–water partition coefficient (Wildman–Crippen LogP) is 4.14. The van der Waals surface area contributed by atoms with Crippen LogP contribution in [0, 0.1) is 23.2 Å². The second-order valence-electron chi connectivity index (χ2n) is 8.47. The van der Waals surface area contributed by atoms with E-state index in [0.717, 1.165) is 36.4 Å². The summed E-state index contributed by atoms with van der Waals surface area (Å²) in [5.41, 5.74) is 0.502. The standard InChI is InChI=1S/C19H33NO/c1-3-21-18-12-17(19(18)8-4-5-9-19)20-13(2)16-11-14-6-7-15(16)10-14/h13-18,20H,3-12H2,1-2H3. The van der Waals surface area contributed by atoms with Gasteiger partial charge in [-0.25, -0.2) is 0 Å². The van der Waals surface area contributed by atoms with Crippen LogP contribution in [0.15, 0.2) is 0 Å². The highest BCUT2D eigenvalue weighted by Crippen LogP contribution is 2.56. The van der Waals surface area contributed by atoms with Gasteiger partial charge in [0, 0.05) is 24.1 Å². The molecule has 2 bridgehead atoms. The molecule has 0 aliphatic heterocycles. The number of hydrogen-bond donors (Lipinski definition) is 1. The zero-order valence-corrected chi connectivity index (χ0v) is 13.9. The Morgan fingerprint density at radius 2 is 1.95 bits per heavy atom. The lowest BCUT2D eigenvalue weighted by atomic mass is 9.60. The Morgan fingerprint density at radius 1 is 1.14 bits per heavy atom. The van der Waals surface area contributed by atoms with Crippen molar-refractivity contribution >= 4 is 0 Å². The van der Waals surface area contributed by atoms with Gasteiger partial charge in [0.1, 0.15) is 0 Å². The summed E-state index contributed by atoms with van der Waals surface area (Å²) >= 11 is 0. The molecule has 0 aromatic rings. The van der Waals surface area contributed by atoms with Gasteiger partial charge in [-0.05, 0) is 70.1 Å². The van der Waals surface area contributed by atoms with Crippen molar-refractivity contribution in [2.24, 2.45) is 23.2 Å². The molecule has 0 heterocycles. The first kappa shape index (κ1) is 14.5. The average molecular weight is 291 g/mol. The van der Waals surface area contributed by atoms with Crippen LogP contribution in [0.4, 0.5) is 0 Å². The Hall–Kier alpha value is -0.0800. The molecule has 2 nitrogen and oxygen atoms in total. The Morgan fingerprint density at radius 3 is 2.57 bits per heavy atom. The van der Waals surface area contributed by atoms with Gasteiger partial charge in [0.15, 0.2) is 0 Å². The monoisotopic (exact) mass is 291 g/mol. The summed E-state index contributed by atoms with van der Waals surface area (Å²) in [7, 11) is 0. The second kappa shape index (κ2) is 5.53. The smallest absolute Gasteiger partial charge is 0.0661 e. The Balaban J connectivity index is 1.38.